The maximum Gasteiger partial charge on any atom is 0.338 e. The second-order valence-corrected chi connectivity index (χ2v) is 21.9. The van der Waals surface area contributed by atoms with Gasteiger partial charge in [-0.1, -0.05) is 59.7 Å². The molecule has 1 N–H and O–H groups in total. The van der Waals surface area contributed by atoms with Gasteiger partial charge in [0, 0.05) is 7.11 Å². The van der Waals surface area contributed by atoms with Gasteiger partial charge in [0.25, 0.3) is 0 Å². The lowest BCUT2D eigenvalue weighted by molar-refractivity contribution is -0.287. The van der Waals surface area contributed by atoms with Crippen LogP contribution in [0.5, 0.6) is 0 Å². The van der Waals surface area contributed by atoms with Crippen molar-refractivity contribution in [3.05, 3.63) is 35.9 Å². The van der Waals surface area contributed by atoms with Crippen LogP contribution < -0.4 is 0 Å². The van der Waals surface area contributed by atoms with Crippen molar-refractivity contribution in [1.29, 1.82) is 0 Å². The fraction of sp³-hybridized carbons (Fsp3) is 0.731. The van der Waals surface area contributed by atoms with Gasteiger partial charge in [0.1, 0.15) is 18.3 Å². The van der Waals surface area contributed by atoms with Gasteiger partial charge in [0.2, 0.25) is 0 Å². The third kappa shape index (κ3) is 7.03. The Labute approximate surface area is 213 Å². The molecule has 0 aliphatic carbocycles. The van der Waals surface area contributed by atoms with E-state index in [0.717, 1.165) is 0 Å². The smallest absolute Gasteiger partial charge is 0.338 e. The standard InChI is InChI=1S/C26H46O7Si2/c1-25(2,3)34(8,9)32-21-20(31-23(28)18-15-13-12-14-16-18)19(17-27)30-24(29-7)22(21)33-35(10,11)26(4,5)6/h12-16,19-22,24,27H,17H2,1-11H3/t19-,20+,21+,22-,24+/m1/s1. The molecule has 2 rings (SSSR count). The van der Waals surface area contributed by atoms with E-state index in [2.05, 4.69) is 67.7 Å². The highest BCUT2D eigenvalue weighted by molar-refractivity contribution is 6.74. The average molecular weight is 527 g/mol. The van der Waals surface area contributed by atoms with Gasteiger partial charge in [-0.25, -0.2) is 4.79 Å². The summed E-state index contributed by atoms with van der Waals surface area (Å²) in [6.45, 7) is 21.2. The maximum atomic E-state index is 13.1. The molecule has 1 saturated heterocycles. The van der Waals surface area contributed by atoms with Gasteiger partial charge in [-0.15, -0.1) is 0 Å². The summed E-state index contributed by atoms with van der Waals surface area (Å²) in [5, 5.41) is 10.1. The van der Waals surface area contributed by atoms with Crippen molar-refractivity contribution in [1.82, 2.24) is 0 Å². The van der Waals surface area contributed by atoms with Gasteiger partial charge in [0.05, 0.1) is 12.2 Å². The van der Waals surface area contributed by atoms with Crippen molar-refractivity contribution < 1.29 is 33.0 Å². The molecule has 0 amide bonds. The Morgan fingerprint density at radius 3 is 1.80 bits per heavy atom. The zero-order valence-electron chi connectivity index (χ0n) is 23.4. The molecule has 1 fully saturated rings. The number of rotatable bonds is 8. The zero-order chi connectivity index (χ0) is 26.8. The summed E-state index contributed by atoms with van der Waals surface area (Å²) in [4.78, 5) is 13.1. The van der Waals surface area contributed by atoms with E-state index >= 15 is 0 Å². The number of carbonyl (C=O) groups is 1. The van der Waals surface area contributed by atoms with Gasteiger partial charge in [-0.3, -0.25) is 0 Å². The van der Waals surface area contributed by atoms with E-state index in [1.165, 1.54) is 0 Å². The molecule has 0 aromatic heterocycles. The summed E-state index contributed by atoms with van der Waals surface area (Å²) in [5.74, 6) is -0.497. The lowest BCUT2D eigenvalue weighted by atomic mass is 9.99. The number of carbonyl (C=O) groups excluding carboxylic acids is 1. The number of hydrogen-bond acceptors (Lipinski definition) is 7. The Kier molecular flexibility index (Phi) is 9.58. The van der Waals surface area contributed by atoms with E-state index in [1.807, 2.05) is 6.07 Å². The van der Waals surface area contributed by atoms with Gasteiger partial charge >= 0.3 is 5.97 Å². The maximum absolute atomic E-state index is 13.1. The minimum absolute atomic E-state index is 0.0726. The molecular formula is C26H46O7Si2. The predicted molar refractivity (Wildman–Crippen MR) is 143 cm³/mol. The van der Waals surface area contributed by atoms with E-state index in [9.17, 15) is 9.90 Å². The Balaban J connectivity index is 2.56. The van der Waals surface area contributed by atoms with Crippen LogP contribution in [0.4, 0.5) is 0 Å². The predicted octanol–water partition coefficient (Wildman–Crippen LogP) is 5.36. The molecule has 7 nitrogen and oxygen atoms in total. The Bertz CT molecular complexity index is 830. The molecule has 1 aliphatic heterocycles. The molecule has 9 heteroatoms. The van der Waals surface area contributed by atoms with Crippen LogP contribution in [0.2, 0.25) is 36.3 Å². The first-order valence-corrected chi connectivity index (χ1v) is 18.2. The molecule has 0 radical (unpaired) electrons. The average Bonchev–Trinajstić information content (AvgIpc) is 2.74. The lowest BCUT2D eigenvalue weighted by Crippen LogP contribution is -2.66. The molecule has 0 spiro atoms. The second-order valence-electron chi connectivity index (χ2n) is 12.4. The quantitative estimate of drug-likeness (QED) is 0.361. The molecule has 1 aromatic carbocycles. The third-order valence-corrected chi connectivity index (χ3v) is 16.7. The molecule has 0 bridgehead atoms. The van der Waals surface area contributed by atoms with Crippen molar-refractivity contribution in [2.75, 3.05) is 13.7 Å². The Morgan fingerprint density at radius 1 is 0.886 bits per heavy atom. The van der Waals surface area contributed by atoms with E-state index in [1.54, 1.807) is 31.4 Å². The lowest BCUT2D eigenvalue weighted by Gasteiger charge is -2.51. The van der Waals surface area contributed by atoms with Crippen LogP contribution in [0.25, 0.3) is 0 Å². The van der Waals surface area contributed by atoms with Gasteiger partial charge in [-0.2, -0.15) is 0 Å². The Hall–Kier alpha value is -1.08. The highest BCUT2D eigenvalue weighted by Gasteiger charge is 2.55. The van der Waals surface area contributed by atoms with Gasteiger partial charge in [-0.05, 0) is 48.4 Å². The number of ether oxygens (including phenoxy) is 3. The molecule has 1 aromatic rings. The van der Waals surface area contributed by atoms with Crippen molar-refractivity contribution in [2.45, 2.75) is 109 Å². The minimum atomic E-state index is -2.36. The van der Waals surface area contributed by atoms with Crippen LogP contribution in [0, 0.1) is 0 Å². The molecule has 0 unspecified atom stereocenters. The first-order valence-electron chi connectivity index (χ1n) is 12.4. The summed E-state index contributed by atoms with van der Waals surface area (Å²) in [5.41, 5.74) is 0.422. The van der Waals surface area contributed by atoms with E-state index in [-0.39, 0.29) is 16.7 Å². The van der Waals surface area contributed by atoms with E-state index in [4.69, 9.17) is 23.1 Å². The number of esters is 1. The number of methoxy groups -OCH3 is 1. The number of hydrogen-bond donors (Lipinski definition) is 1. The van der Waals surface area contributed by atoms with Crippen molar-refractivity contribution >= 4 is 22.6 Å². The summed E-state index contributed by atoms with van der Waals surface area (Å²) in [7, 11) is -3.11. The highest BCUT2D eigenvalue weighted by atomic mass is 28.4. The second kappa shape index (κ2) is 11.1. The molecule has 200 valence electrons. The summed E-state index contributed by atoms with van der Waals surface area (Å²) >= 11 is 0. The fourth-order valence-corrected chi connectivity index (χ4v) is 6.00. The third-order valence-electron chi connectivity index (χ3n) is 7.73. The topological polar surface area (TPSA) is 83.5 Å². The first-order chi connectivity index (χ1) is 15.9. The van der Waals surface area contributed by atoms with Gasteiger partial charge < -0.3 is 28.2 Å². The molecular weight excluding hydrogens is 480 g/mol. The number of aliphatic hydroxyl groups excluding tert-OH is 1. The van der Waals surface area contributed by atoms with Crippen LogP contribution in [0.15, 0.2) is 30.3 Å². The van der Waals surface area contributed by atoms with Crippen LogP contribution in [-0.2, 0) is 23.1 Å². The van der Waals surface area contributed by atoms with Crippen molar-refractivity contribution in [2.24, 2.45) is 0 Å². The molecule has 35 heavy (non-hydrogen) atoms. The number of aliphatic hydroxyl groups is 1. The Morgan fingerprint density at radius 2 is 1.37 bits per heavy atom. The van der Waals surface area contributed by atoms with E-state index in [0.29, 0.717) is 5.56 Å². The molecule has 0 saturated carbocycles. The van der Waals surface area contributed by atoms with E-state index < -0.39 is 53.3 Å². The van der Waals surface area contributed by atoms with Crippen molar-refractivity contribution in [3.8, 4) is 0 Å². The largest absolute Gasteiger partial charge is 0.453 e. The molecule has 1 aliphatic rings. The summed E-state index contributed by atoms with van der Waals surface area (Å²) < 4.78 is 31.6. The van der Waals surface area contributed by atoms with Crippen LogP contribution in [-0.4, -0.2) is 72.1 Å². The van der Waals surface area contributed by atoms with Crippen molar-refractivity contribution in [3.63, 3.8) is 0 Å². The molecule has 5 atom stereocenters. The first kappa shape index (κ1) is 30.1. The van der Waals surface area contributed by atoms with Gasteiger partial charge in [0.15, 0.2) is 29.0 Å². The zero-order valence-corrected chi connectivity index (χ0v) is 25.4. The fourth-order valence-electron chi connectivity index (χ4n) is 3.42. The summed E-state index contributed by atoms with van der Waals surface area (Å²) in [6.07, 6.45) is -3.77. The van der Waals surface area contributed by atoms with Crippen LogP contribution in [0.1, 0.15) is 51.9 Å². The highest BCUT2D eigenvalue weighted by Crippen LogP contribution is 2.43. The molecule has 1 heterocycles. The van der Waals surface area contributed by atoms with Crippen LogP contribution in [0.3, 0.4) is 0 Å². The van der Waals surface area contributed by atoms with Crippen LogP contribution >= 0.6 is 0 Å². The minimum Gasteiger partial charge on any atom is -0.453 e. The SMILES string of the molecule is CO[C@H]1O[C@H](CO)[C@H](OC(=O)c2ccccc2)[C@H](O[Si](C)(C)C(C)(C)C)[C@H]1O[Si](C)(C)C(C)(C)C. The number of benzene rings is 1. The monoisotopic (exact) mass is 526 g/mol. The normalized spacial score (nSPS) is 26.5. The summed E-state index contributed by atoms with van der Waals surface area (Å²) in [6, 6.07) is 8.81.